The number of urea groups is 1. The zero-order valence-electron chi connectivity index (χ0n) is 18.6. The van der Waals surface area contributed by atoms with Crippen LogP contribution in [0, 0.1) is 6.92 Å². The minimum atomic E-state index is -0.416. The molecule has 0 atom stereocenters. The number of ketones is 1. The van der Waals surface area contributed by atoms with Crippen molar-refractivity contribution in [2.75, 3.05) is 12.4 Å². The topological polar surface area (TPSA) is 98.1 Å². The van der Waals surface area contributed by atoms with Crippen molar-refractivity contribution in [3.8, 4) is 11.4 Å². The Balaban J connectivity index is 1.57. The van der Waals surface area contributed by atoms with Crippen molar-refractivity contribution < 1.29 is 14.3 Å². The fourth-order valence-electron chi connectivity index (χ4n) is 3.52. The maximum atomic E-state index is 13.3. The Hall–Kier alpha value is -4.17. The maximum absolute atomic E-state index is 13.3. The number of halogens is 1. The zero-order chi connectivity index (χ0) is 24.1. The number of aryl methyl sites for hydroxylation is 1. The molecule has 0 bridgehead atoms. The zero-order valence-corrected chi connectivity index (χ0v) is 19.3. The van der Waals surface area contributed by atoms with Gasteiger partial charge >= 0.3 is 6.03 Å². The van der Waals surface area contributed by atoms with Crippen molar-refractivity contribution in [2.24, 2.45) is 0 Å². The summed E-state index contributed by atoms with van der Waals surface area (Å²) >= 11 is 6.26. The first-order valence-electron chi connectivity index (χ1n) is 10.5. The molecule has 1 aromatic heterocycles. The number of para-hydroxylation sites is 1. The minimum Gasteiger partial charge on any atom is -0.497 e. The molecule has 4 aromatic rings. The number of aromatic nitrogens is 3. The molecule has 2 N–H and O–H groups in total. The number of benzene rings is 3. The van der Waals surface area contributed by atoms with Gasteiger partial charge in [0.1, 0.15) is 11.6 Å². The molecule has 0 spiro atoms. The maximum Gasteiger partial charge on any atom is 0.319 e. The average molecular weight is 476 g/mol. The molecule has 2 amide bonds. The first-order valence-corrected chi connectivity index (χ1v) is 10.8. The normalized spacial score (nSPS) is 10.6. The minimum absolute atomic E-state index is 0.0886. The lowest BCUT2D eigenvalue weighted by molar-refractivity contribution is 0.103. The molecular formula is C25H22ClN5O3. The van der Waals surface area contributed by atoms with Gasteiger partial charge in [0.05, 0.1) is 24.4 Å². The van der Waals surface area contributed by atoms with E-state index in [1.807, 2.05) is 6.07 Å². The molecule has 8 nitrogen and oxygen atoms in total. The smallest absolute Gasteiger partial charge is 0.319 e. The molecule has 9 heteroatoms. The van der Waals surface area contributed by atoms with E-state index < -0.39 is 6.03 Å². The standard InChI is InChI=1S/C25H22ClN5O3/c1-16-29-30-23(15-27-25(33)28-17-8-7-9-18(14-17)34-2)31(16)22-13-6-4-11-20(22)24(32)19-10-3-5-12-21(19)26/h3-14H,15H2,1-2H3,(H2,27,28,33). The van der Waals surface area contributed by atoms with Crippen molar-refractivity contribution in [1.29, 1.82) is 0 Å². The molecule has 0 aliphatic heterocycles. The molecule has 34 heavy (non-hydrogen) atoms. The Bertz CT molecular complexity index is 1350. The number of rotatable bonds is 7. The SMILES string of the molecule is COc1cccc(NC(=O)NCc2nnc(C)n2-c2ccccc2C(=O)c2ccccc2Cl)c1. The van der Waals surface area contributed by atoms with Crippen LogP contribution in [0.4, 0.5) is 10.5 Å². The van der Waals surface area contributed by atoms with Gasteiger partial charge in [0.2, 0.25) is 0 Å². The second-order valence-electron chi connectivity index (χ2n) is 7.36. The van der Waals surface area contributed by atoms with Gasteiger partial charge in [-0.25, -0.2) is 4.79 Å². The monoisotopic (exact) mass is 475 g/mol. The summed E-state index contributed by atoms with van der Waals surface area (Å²) in [6.07, 6.45) is 0. The van der Waals surface area contributed by atoms with E-state index in [1.54, 1.807) is 85.3 Å². The molecule has 0 radical (unpaired) electrons. The van der Waals surface area contributed by atoms with E-state index in [-0.39, 0.29) is 12.3 Å². The third kappa shape index (κ3) is 4.92. The van der Waals surface area contributed by atoms with Crippen molar-refractivity contribution >= 4 is 29.1 Å². The fourth-order valence-corrected chi connectivity index (χ4v) is 3.74. The van der Waals surface area contributed by atoms with E-state index in [4.69, 9.17) is 16.3 Å². The molecule has 0 unspecified atom stereocenters. The number of anilines is 1. The molecule has 0 saturated carbocycles. The highest BCUT2D eigenvalue weighted by molar-refractivity contribution is 6.35. The number of nitrogens with zero attached hydrogens (tertiary/aromatic N) is 3. The fraction of sp³-hybridized carbons (Fsp3) is 0.120. The van der Waals surface area contributed by atoms with Gasteiger partial charge in [0, 0.05) is 22.9 Å². The van der Waals surface area contributed by atoms with Gasteiger partial charge < -0.3 is 15.4 Å². The third-order valence-corrected chi connectivity index (χ3v) is 5.46. The van der Waals surface area contributed by atoms with E-state index in [1.165, 1.54) is 0 Å². The van der Waals surface area contributed by atoms with Crippen molar-refractivity contribution in [2.45, 2.75) is 13.5 Å². The molecule has 0 aliphatic rings. The van der Waals surface area contributed by atoms with Crippen molar-refractivity contribution in [3.63, 3.8) is 0 Å². The van der Waals surface area contributed by atoms with Crippen LogP contribution in [0.2, 0.25) is 5.02 Å². The first kappa shape index (κ1) is 23.0. The second-order valence-corrected chi connectivity index (χ2v) is 7.77. The van der Waals surface area contributed by atoms with Crippen LogP contribution in [0.5, 0.6) is 5.75 Å². The summed E-state index contributed by atoms with van der Waals surface area (Å²) in [7, 11) is 1.56. The summed E-state index contributed by atoms with van der Waals surface area (Å²) in [5, 5.41) is 14.3. The van der Waals surface area contributed by atoms with Crippen LogP contribution in [-0.4, -0.2) is 33.7 Å². The molecule has 172 valence electrons. The molecule has 4 rings (SSSR count). The van der Waals surface area contributed by atoms with Crippen LogP contribution in [0.15, 0.2) is 72.8 Å². The number of hydrogen-bond acceptors (Lipinski definition) is 5. The van der Waals surface area contributed by atoms with Gasteiger partial charge in [0.25, 0.3) is 0 Å². The van der Waals surface area contributed by atoms with E-state index in [0.717, 1.165) is 0 Å². The summed E-state index contributed by atoms with van der Waals surface area (Å²) < 4.78 is 6.92. The number of amides is 2. The first-order chi connectivity index (χ1) is 16.5. The van der Waals surface area contributed by atoms with E-state index in [0.29, 0.717) is 44.9 Å². The van der Waals surface area contributed by atoms with E-state index in [2.05, 4.69) is 20.8 Å². The van der Waals surface area contributed by atoms with Gasteiger partial charge in [-0.15, -0.1) is 10.2 Å². The number of ether oxygens (including phenoxy) is 1. The Morgan fingerprint density at radius 3 is 2.47 bits per heavy atom. The predicted octanol–water partition coefficient (Wildman–Crippen LogP) is 4.79. The number of carbonyl (C=O) groups excluding carboxylic acids is 2. The van der Waals surface area contributed by atoms with Gasteiger partial charge in [0.15, 0.2) is 11.6 Å². The van der Waals surface area contributed by atoms with Crippen LogP contribution in [0.1, 0.15) is 27.6 Å². The highest BCUT2D eigenvalue weighted by Crippen LogP contribution is 2.24. The van der Waals surface area contributed by atoms with Crippen molar-refractivity contribution in [1.82, 2.24) is 20.1 Å². The highest BCUT2D eigenvalue weighted by atomic mass is 35.5. The van der Waals surface area contributed by atoms with Crippen LogP contribution in [-0.2, 0) is 6.54 Å². The molecule has 1 heterocycles. The highest BCUT2D eigenvalue weighted by Gasteiger charge is 2.20. The van der Waals surface area contributed by atoms with Gasteiger partial charge in [-0.1, -0.05) is 41.9 Å². The summed E-state index contributed by atoms with van der Waals surface area (Å²) in [5.41, 5.74) is 2.03. The quantitative estimate of drug-likeness (QED) is 0.374. The Morgan fingerprint density at radius 1 is 0.971 bits per heavy atom. The number of hydrogen-bond donors (Lipinski definition) is 2. The summed E-state index contributed by atoms with van der Waals surface area (Å²) in [6.45, 7) is 1.87. The van der Waals surface area contributed by atoms with Gasteiger partial charge in [-0.3, -0.25) is 9.36 Å². The molecule has 3 aromatic carbocycles. The second kappa shape index (κ2) is 10.2. The predicted molar refractivity (Wildman–Crippen MR) is 130 cm³/mol. The lowest BCUT2D eigenvalue weighted by atomic mass is 10.0. The number of nitrogens with one attached hydrogen (secondary N) is 2. The molecular weight excluding hydrogens is 454 g/mol. The third-order valence-electron chi connectivity index (χ3n) is 5.13. The summed E-state index contributed by atoms with van der Waals surface area (Å²) in [4.78, 5) is 25.7. The van der Waals surface area contributed by atoms with Crippen molar-refractivity contribution in [3.05, 3.63) is 101 Å². The van der Waals surface area contributed by atoms with Crippen LogP contribution < -0.4 is 15.4 Å². The largest absolute Gasteiger partial charge is 0.497 e. The molecule has 0 fully saturated rings. The lowest BCUT2D eigenvalue weighted by Gasteiger charge is -2.14. The Labute approximate surface area is 201 Å². The van der Waals surface area contributed by atoms with Crippen LogP contribution in [0.3, 0.4) is 0 Å². The molecule has 0 aliphatic carbocycles. The average Bonchev–Trinajstić information content (AvgIpc) is 3.22. The summed E-state index contributed by atoms with van der Waals surface area (Å²) in [6, 6.07) is 20.7. The summed E-state index contributed by atoms with van der Waals surface area (Å²) in [5.74, 6) is 1.46. The number of methoxy groups -OCH3 is 1. The van der Waals surface area contributed by atoms with Crippen LogP contribution >= 0.6 is 11.6 Å². The van der Waals surface area contributed by atoms with Crippen LogP contribution in [0.25, 0.3) is 5.69 Å². The Kier molecular flexibility index (Phi) is 6.89. The van der Waals surface area contributed by atoms with Gasteiger partial charge in [-0.2, -0.15) is 0 Å². The Morgan fingerprint density at radius 2 is 1.71 bits per heavy atom. The van der Waals surface area contributed by atoms with E-state index in [9.17, 15) is 9.59 Å². The van der Waals surface area contributed by atoms with E-state index >= 15 is 0 Å². The van der Waals surface area contributed by atoms with Gasteiger partial charge in [-0.05, 0) is 43.3 Å². The molecule has 0 saturated heterocycles. The lowest BCUT2D eigenvalue weighted by Crippen LogP contribution is -2.29. The number of carbonyl (C=O) groups is 2.